The van der Waals surface area contributed by atoms with Crippen LogP contribution in [0.5, 0.6) is 0 Å². The molecule has 6 heteroatoms. The van der Waals surface area contributed by atoms with Crippen LogP contribution in [-0.4, -0.2) is 18.3 Å². The molecule has 25 heavy (non-hydrogen) atoms. The van der Waals surface area contributed by atoms with E-state index in [0.717, 1.165) is 15.3 Å². The van der Waals surface area contributed by atoms with Crippen molar-refractivity contribution in [2.75, 3.05) is 0 Å². The fraction of sp³-hybridized carbons (Fsp3) is 0.368. The van der Waals surface area contributed by atoms with Gasteiger partial charge in [0.1, 0.15) is 5.73 Å². The second-order valence-electron chi connectivity index (χ2n) is 7.15. The van der Waals surface area contributed by atoms with Gasteiger partial charge in [-0.15, -0.1) is 11.3 Å². The largest absolute Gasteiger partial charge is 0.525 e. The quantitative estimate of drug-likeness (QED) is 0.814. The van der Waals surface area contributed by atoms with Gasteiger partial charge in [0.2, 0.25) is 0 Å². The van der Waals surface area contributed by atoms with Gasteiger partial charge in [0, 0.05) is 21.9 Å². The van der Waals surface area contributed by atoms with Crippen molar-refractivity contribution in [2.24, 2.45) is 5.73 Å². The van der Waals surface area contributed by atoms with Crippen LogP contribution in [0.1, 0.15) is 43.0 Å². The summed E-state index contributed by atoms with van der Waals surface area (Å²) in [5.74, 6) is 0. The summed E-state index contributed by atoms with van der Waals surface area (Å²) < 4.78 is 27.4. The highest BCUT2D eigenvalue weighted by Gasteiger charge is 2.53. The van der Waals surface area contributed by atoms with E-state index in [1.807, 2.05) is 70.2 Å². The Bertz CT molecular complexity index is 770. The number of rotatable bonds is 4. The first kappa shape index (κ1) is 18.3. The number of benzene rings is 1. The molecule has 2 N–H and O–H groups in total. The molecule has 3 rings (SSSR count). The van der Waals surface area contributed by atoms with Gasteiger partial charge in [-0.05, 0) is 45.4 Å². The third-order valence-corrected chi connectivity index (χ3v) is 6.00. The van der Waals surface area contributed by atoms with Crippen LogP contribution in [0.2, 0.25) is 0 Å². The summed E-state index contributed by atoms with van der Waals surface area (Å²) in [6.45, 7) is 8.10. The van der Waals surface area contributed by atoms with Gasteiger partial charge in [-0.2, -0.15) is 0 Å². The Hall–Kier alpha value is -1.47. The van der Waals surface area contributed by atoms with E-state index in [1.54, 1.807) is 0 Å². The molecule has 0 amide bonds. The fourth-order valence-corrected chi connectivity index (χ4v) is 3.64. The molecule has 1 aliphatic heterocycles. The van der Waals surface area contributed by atoms with E-state index in [-0.39, 0.29) is 0 Å². The predicted molar refractivity (Wildman–Crippen MR) is 102 cm³/mol. The third-order valence-electron chi connectivity index (χ3n) is 4.87. The van der Waals surface area contributed by atoms with E-state index in [1.165, 1.54) is 11.3 Å². The molecule has 0 spiro atoms. The van der Waals surface area contributed by atoms with Gasteiger partial charge in [0.25, 0.3) is 0 Å². The fourth-order valence-electron chi connectivity index (χ4n) is 2.69. The molecule has 0 atom stereocenters. The maximum atomic E-state index is 15.5. The highest BCUT2D eigenvalue weighted by molar-refractivity contribution is 7.13. The number of hydrogen-bond acceptors (Lipinski definition) is 4. The summed E-state index contributed by atoms with van der Waals surface area (Å²) >= 11 is 1.49. The Balaban J connectivity index is 2.09. The van der Waals surface area contributed by atoms with Crippen LogP contribution in [0.25, 0.3) is 5.57 Å². The maximum absolute atomic E-state index is 15.5. The first-order valence-corrected chi connectivity index (χ1v) is 9.17. The number of halogens is 1. The normalized spacial score (nSPS) is 19.8. The van der Waals surface area contributed by atoms with Gasteiger partial charge in [0.05, 0.1) is 11.2 Å². The Morgan fingerprint density at radius 1 is 1.04 bits per heavy atom. The molecule has 2 heterocycles. The van der Waals surface area contributed by atoms with Crippen molar-refractivity contribution in [1.29, 1.82) is 0 Å². The molecule has 0 aliphatic carbocycles. The molecule has 1 aliphatic rings. The van der Waals surface area contributed by atoms with Crippen LogP contribution in [0.3, 0.4) is 0 Å². The Morgan fingerprint density at radius 2 is 1.64 bits per heavy atom. The first-order valence-electron chi connectivity index (χ1n) is 8.35. The number of nitrogens with two attached hydrogens (primary N) is 1. The third kappa shape index (κ3) is 3.44. The maximum Gasteiger partial charge on any atom is 0.525 e. The van der Waals surface area contributed by atoms with Crippen molar-refractivity contribution < 1.29 is 13.7 Å². The molecule has 0 unspecified atom stereocenters. The summed E-state index contributed by atoms with van der Waals surface area (Å²) in [5, 5.41) is 0. The average Bonchev–Trinajstić information content (AvgIpc) is 3.11. The lowest BCUT2D eigenvalue weighted by Gasteiger charge is -2.32. The van der Waals surface area contributed by atoms with E-state index in [0.29, 0.717) is 12.1 Å². The van der Waals surface area contributed by atoms with Crippen molar-refractivity contribution in [3.8, 4) is 0 Å². The summed E-state index contributed by atoms with van der Waals surface area (Å²) in [5.41, 5.74) is 5.43. The lowest BCUT2D eigenvalue weighted by molar-refractivity contribution is 0.00578. The zero-order valence-electron chi connectivity index (χ0n) is 15.0. The molecule has 132 valence electrons. The van der Waals surface area contributed by atoms with E-state index in [2.05, 4.69) is 0 Å². The molecule has 1 fully saturated rings. The van der Waals surface area contributed by atoms with Gasteiger partial charge in [-0.1, -0.05) is 30.3 Å². The lowest BCUT2D eigenvalue weighted by Crippen LogP contribution is -2.41. The summed E-state index contributed by atoms with van der Waals surface area (Å²) in [6, 6.07) is 13.3. The predicted octanol–water partition coefficient (Wildman–Crippen LogP) is 4.57. The van der Waals surface area contributed by atoms with Crippen LogP contribution in [0.4, 0.5) is 4.39 Å². The van der Waals surface area contributed by atoms with Gasteiger partial charge in [-0.3, -0.25) is 0 Å². The Kier molecular flexibility index (Phi) is 4.90. The van der Waals surface area contributed by atoms with Crippen LogP contribution >= 0.6 is 11.3 Å². The molecule has 1 aromatic heterocycles. The zero-order valence-corrected chi connectivity index (χ0v) is 15.8. The molecule has 0 radical (unpaired) electrons. The van der Waals surface area contributed by atoms with Crippen molar-refractivity contribution in [3.63, 3.8) is 0 Å². The van der Waals surface area contributed by atoms with E-state index in [4.69, 9.17) is 15.0 Å². The lowest BCUT2D eigenvalue weighted by atomic mass is 9.82. The van der Waals surface area contributed by atoms with E-state index >= 15 is 4.39 Å². The summed E-state index contributed by atoms with van der Waals surface area (Å²) in [7, 11) is -1.02. The highest BCUT2D eigenvalue weighted by Crippen LogP contribution is 2.42. The van der Waals surface area contributed by atoms with Crippen molar-refractivity contribution in [3.05, 3.63) is 63.5 Å². The summed E-state index contributed by atoms with van der Waals surface area (Å²) in [4.78, 5) is 1.82. The molecular formula is C19H23BFNO2S. The van der Waals surface area contributed by atoms with E-state index < -0.39 is 24.0 Å². The molecule has 1 saturated heterocycles. The van der Waals surface area contributed by atoms with Crippen molar-refractivity contribution >= 4 is 24.0 Å². The van der Waals surface area contributed by atoms with Gasteiger partial charge >= 0.3 is 7.12 Å². The zero-order chi connectivity index (χ0) is 18.2. The standard InChI is InChI=1S/C19H23BFNO2S/c1-18(2)19(3,4)24-20(23-18)17(21)16(13-8-6-5-7-9-13)15-11-10-14(12-22)25-15/h5-11H,12,22H2,1-4H3. The molecular weight excluding hydrogens is 336 g/mol. The van der Waals surface area contributed by atoms with Crippen molar-refractivity contribution in [1.82, 2.24) is 0 Å². The Labute approximate surface area is 152 Å². The number of hydrogen-bond donors (Lipinski definition) is 1. The SMILES string of the molecule is CC1(C)OB(C(F)=C(c2ccccc2)c2ccc(CN)s2)OC1(C)C. The second-order valence-corrected chi connectivity index (χ2v) is 8.32. The monoisotopic (exact) mass is 359 g/mol. The average molecular weight is 359 g/mol. The van der Waals surface area contributed by atoms with Gasteiger partial charge in [-0.25, -0.2) is 4.39 Å². The minimum atomic E-state index is -1.02. The minimum absolute atomic E-state index is 0.407. The first-order chi connectivity index (χ1) is 11.7. The molecule has 2 aromatic rings. The topological polar surface area (TPSA) is 44.5 Å². The molecule has 0 saturated carbocycles. The highest BCUT2D eigenvalue weighted by atomic mass is 32.1. The van der Waals surface area contributed by atoms with Crippen LogP contribution in [0.15, 0.2) is 48.2 Å². The van der Waals surface area contributed by atoms with E-state index in [9.17, 15) is 0 Å². The van der Waals surface area contributed by atoms with Crippen LogP contribution in [0, 0.1) is 0 Å². The van der Waals surface area contributed by atoms with Gasteiger partial charge < -0.3 is 15.0 Å². The van der Waals surface area contributed by atoms with Crippen LogP contribution in [-0.2, 0) is 15.9 Å². The molecule has 1 aromatic carbocycles. The second kappa shape index (κ2) is 6.69. The van der Waals surface area contributed by atoms with Crippen LogP contribution < -0.4 is 5.73 Å². The minimum Gasteiger partial charge on any atom is -0.398 e. The molecule has 3 nitrogen and oxygen atoms in total. The van der Waals surface area contributed by atoms with Crippen molar-refractivity contribution in [2.45, 2.75) is 45.4 Å². The smallest absolute Gasteiger partial charge is 0.398 e. The van der Waals surface area contributed by atoms with Gasteiger partial charge in [0.15, 0.2) is 0 Å². The number of thiophene rings is 1. The Morgan fingerprint density at radius 3 is 2.16 bits per heavy atom. The summed E-state index contributed by atoms with van der Waals surface area (Å²) in [6.07, 6.45) is 0. The molecule has 0 bridgehead atoms.